The summed E-state index contributed by atoms with van der Waals surface area (Å²) in [7, 11) is -0.442. The van der Waals surface area contributed by atoms with E-state index in [0.717, 1.165) is 22.2 Å². The molecule has 1 N–H and O–H groups in total. The zero-order chi connectivity index (χ0) is 24.1. The van der Waals surface area contributed by atoms with Gasteiger partial charge in [0.2, 0.25) is 0 Å². The van der Waals surface area contributed by atoms with E-state index in [9.17, 15) is 4.79 Å². The molecule has 3 aromatic rings. The molecular weight excluding hydrogens is 436 g/mol. The second-order valence-corrected chi connectivity index (χ2v) is 14.2. The predicted octanol–water partition coefficient (Wildman–Crippen LogP) is 4.68. The van der Waals surface area contributed by atoms with Gasteiger partial charge in [0.15, 0.2) is 8.32 Å². The number of fused-ring (bicyclic) bond motifs is 1. The van der Waals surface area contributed by atoms with E-state index in [1.54, 1.807) is 0 Å². The summed E-state index contributed by atoms with van der Waals surface area (Å²) in [5, 5.41) is 4.07. The fourth-order valence-corrected chi connectivity index (χ4v) is 4.18. The quantitative estimate of drug-likeness (QED) is 0.261. The lowest BCUT2D eigenvalue weighted by Crippen LogP contribution is -2.41. The van der Waals surface area contributed by atoms with Crippen LogP contribution >= 0.6 is 0 Å². The van der Waals surface area contributed by atoms with Crippen molar-refractivity contribution in [3.8, 4) is 11.1 Å². The second-order valence-electron chi connectivity index (χ2n) is 9.38. The average molecular weight is 471 g/mol. The number of esters is 1. The number of rotatable bonds is 10. The molecule has 178 valence electrons. The number of anilines is 1. The normalized spacial score (nSPS) is 12.2. The zero-order valence-electron chi connectivity index (χ0n) is 20.3. The van der Waals surface area contributed by atoms with Gasteiger partial charge in [-0.2, -0.15) is 0 Å². The van der Waals surface area contributed by atoms with E-state index >= 15 is 0 Å². The summed E-state index contributed by atoms with van der Waals surface area (Å²) in [4.78, 5) is 20.5. The van der Waals surface area contributed by atoms with E-state index in [2.05, 4.69) is 49.1 Å². The van der Waals surface area contributed by atoms with Gasteiger partial charge in [0, 0.05) is 11.8 Å². The van der Waals surface area contributed by atoms with Crippen LogP contribution in [0.25, 0.3) is 22.2 Å². The Morgan fingerprint density at radius 2 is 1.85 bits per heavy atom. The molecule has 2 heterocycles. The van der Waals surface area contributed by atoms with Crippen LogP contribution in [0.1, 0.15) is 20.8 Å². The van der Waals surface area contributed by atoms with Crippen molar-refractivity contribution in [2.45, 2.75) is 45.6 Å². The fourth-order valence-electron chi connectivity index (χ4n) is 3.16. The molecule has 9 heteroatoms. The number of aromatic nitrogens is 3. The van der Waals surface area contributed by atoms with Gasteiger partial charge in [-0.3, -0.25) is 4.79 Å². The number of benzene rings is 1. The van der Waals surface area contributed by atoms with Crippen LogP contribution in [0, 0.1) is 0 Å². The van der Waals surface area contributed by atoms with Gasteiger partial charge in [-0.05, 0) is 23.7 Å². The molecule has 2 aromatic heterocycles. The Kier molecular flexibility index (Phi) is 7.88. The number of nitrogens with one attached hydrogen (secondary N) is 1. The third-order valence-corrected chi connectivity index (χ3v) is 10.6. The van der Waals surface area contributed by atoms with Crippen molar-refractivity contribution < 1.29 is 18.7 Å². The molecule has 0 radical (unpaired) electrons. The highest BCUT2D eigenvalue weighted by Gasteiger charge is 2.36. The largest absolute Gasteiger partial charge is 0.468 e. The smallest absolute Gasteiger partial charge is 0.325 e. The average Bonchev–Trinajstić information content (AvgIpc) is 3.16. The summed E-state index contributed by atoms with van der Waals surface area (Å²) >= 11 is 0. The SMILES string of the molecule is COC(=O)CNc1ncnc2c1c(-c1ccccc1)cn2COCCO[Si](C)(C)C(C)(C)C. The minimum Gasteiger partial charge on any atom is -0.468 e. The lowest BCUT2D eigenvalue weighted by molar-refractivity contribution is -0.138. The highest BCUT2D eigenvalue weighted by molar-refractivity contribution is 6.74. The third kappa shape index (κ3) is 5.98. The molecule has 3 rings (SSSR count). The Hall–Kier alpha value is -2.75. The number of hydrogen-bond donors (Lipinski definition) is 1. The first-order valence-electron chi connectivity index (χ1n) is 11.1. The Morgan fingerprint density at radius 3 is 2.52 bits per heavy atom. The minimum atomic E-state index is -1.80. The first-order valence-corrected chi connectivity index (χ1v) is 14.0. The van der Waals surface area contributed by atoms with Crippen LogP contribution in [0.2, 0.25) is 18.1 Å². The second kappa shape index (κ2) is 10.5. The van der Waals surface area contributed by atoms with Gasteiger partial charge in [-0.25, -0.2) is 9.97 Å². The van der Waals surface area contributed by atoms with E-state index < -0.39 is 8.32 Å². The highest BCUT2D eigenvalue weighted by Crippen LogP contribution is 2.36. The maximum absolute atomic E-state index is 11.7. The van der Waals surface area contributed by atoms with Gasteiger partial charge in [-0.15, -0.1) is 0 Å². The molecular formula is C24H34N4O4Si. The number of ether oxygens (including phenoxy) is 2. The monoisotopic (exact) mass is 470 g/mol. The Morgan fingerprint density at radius 1 is 1.12 bits per heavy atom. The van der Waals surface area contributed by atoms with Gasteiger partial charge in [0.05, 0.1) is 25.7 Å². The van der Waals surface area contributed by atoms with Crippen LogP contribution in [-0.2, 0) is 25.4 Å². The third-order valence-electron chi connectivity index (χ3n) is 6.09. The molecule has 0 unspecified atom stereocenters. The van der Waals surface area contributed by atoms with Crippen molar-refractivity contribution in [1.82, 2.24) is 14.5 Å². The highest BCUT2D eigenvalue weighted by atomic mass is 28.4. The molecule has 0 fully saturated rings. The number of nitrogens with zero attached hydrogens (tertiary/aromatic N) is 3. The van der Waals surface area contributed by atoms with E-state index in [-0.39, 0.29) is 17.6 Å². The van der Waals surface area contributed by atoms with Crippen molar-refractivity contribution in [2.75, 3.05) is 32.2 Å². The summed E-state index contributed by atoms with van der Waals surface area (Å²) in [5.41, 5.74) is 2.71. The van der Waals surface area contributed by atoms with Crippen molar-refractivity contribution in [3.63, 3.8) is 0 Å². The molecule has 33 heavy (non-hydrogen) atoms. The maximum atomic E-state index is 11.7. The lowest BCUT2D eigenvalue weighted by Gasteiger charge is -2.36. The standard InChI is InChI=1S/C24H34N4O4Si/c1-24(2,3)33(5,6)32-13-12-31-17-28-15-19(18-10-8-7-9-11-18)21-22(25-14-20(29)30-4)26-16-27-23(21)28/h7-11,15-16H,12-14,17H2,1-6H3,(H,25,26,27). The molecule has 0 amide bonds. The van der Waals surface area contributed by atoms with Crippen LogP contribution in [0.4, 0.5) is 5.82 Å². The van der Waals surface area contributed by atoms with Gasteiger partial charge in [-0.1, -0.05) is 51.1 Å². The number of carbonyl (C=O) groups is 1. The Labute approximate surface area is 196 Å². The van der Waals surface area contributed by atoms with Crippen LogP contribution in [-0.4, -0.2) is 55.7 Å². The molecule has 0 spiro atoms. The molecule has 0 saturated heterocycles. The fraction of sp³-hybridized carbons (Fsp3) is 0.458. The van der Waals surface area contributed by atoms with Gasteiger partial charge >= 0.3 is 5.97 Å². The van der Waals surface area contributed by atoms with Crippen LogP contribution in [0.5, 0.6) is 0 Å². The van der Waals surface area contributed by atoms with Crippen molar-refractivity contribution >= 4 is 31.1 Å². The Balaban J connectivity index is 1.80. The van der Waals surface area contributed by atoms with Gasteiger partial charge in [0.25, 0.3) is 0 Å². The van der Waals surface area contributed by atoms with Crippen molar-refractivity contribution in [3.05, 3.63) is 42.9 Å². The summed E-state index contributed by atoms with van der Waals surface area (Å²) in [6.45, 7) is 12.5. The van der Waals surface area contributed by atoms with Gasteiger partial charge in [0.1, 0.15) is 31.1 Å². The molecule has 0 aliphatic heterocycles. The molecule has 0 bridgehead atoms. The Bertz CT molecular complexity index is 1080. The van der Waals surface area contributed by atoms with Crippen molar-refractivity contribution in [2.24, 2.45) is 0 Å². The summed E-state index contributed by atoms with van der Waals surface area (Å²) in [6, 6.07) is 10.0. The van der Waals surface area contributed by atoms with Crippen LogP contribution < -0.4 is 5.32 Å². The summed E-state index contributed by atoms with van der Waals surface area (Å²) in [5.74, 6) is 0.205. The molecule has 0 aliphatic carbocycles. The zero-order valence-corrected chi connectivity index (χ0v) is 21.3. The van der Waals surface area contributed by atoms with Crippen LogP contribution in [0.15, 0.2) is 42.9 Å². The number of carbonyl (C=O) groups excluding carboxylic acids is 1. The predicted molar refractivity (Wildman–Crippen MR) is 133 cm³/mol. The van der Waals surface area contributed by atoms with Crippen molar-refractivity contribution in [1.29, 1.82) is 0 Å². The van der Waals surface area contributed by atoms with E-state index in [4.69, 9.17) is 13.9 Å². The van der Waals surface area contributed by atoms with E-state index in [0.29, 0.717) is 25.8 Å². The molecule has 0 aliphatic rings. The first-order chi connectivity index (χ1) is 15.6. The molecule has 0 saturated carbocycles. The summed E-state index contributed by atoms with van der Waals surface area (Å²) in [6.07, 6.45) is 3.49. The lowest BCUT2D eigenvalue weighted by atomic mass is 10.1. The number of methoxy groups -OCH3 is 1. The minimum absolute atomic E-state index is 0.0172. The molecule has 8 nitrogen and oxygen atoms in total. The number of hydrogen-bond acceptors (Lipinski definition) is 7. The topological polar surface area (TPSA) is 87.5 Å². The molecule has 0 atom stereocenters. The first kappa shape index (κ1) is 24.9. The summed E-state index contributed by atoms with van der Waals surface area (Å²) < 4.78 is 18.8. The maximum Gasteiger partial charge on any atom is 0.325 e. The molecule has 1 aromatic carbocycles. The van der Waals surface area contributed by atoms with E-state index in [1.807, 2.05) is 41.1 Å². The van der Waals surface area contributed by atoms with Crippen LogP contribution in [0.3, 0.4) is 0 Å². The van der Waals surface area contributed by atoms with E-state index in [1.165, 1.54) is 13.4 Å². The van der Waals surface area contributed by atoms with Gasteiger partial charge < -0.3 is 23.8 Å².